The van der Waals surface area contributed by atoms with Crippen LogP contribution in [0.2, 0.25) is 0 Å². The Kier molecular flexibility index (Phi) is 3.82. The molecule has 0 spiro atoms. The highest BCUT2D eigenvalue weighted by Gasteiger charge is 2.63. The van der Waals surface area contributed by atoms with E-state index in [9.17, 15) is 13.6 Å². The van der Waals surface area contributed by atoms with E-state index in [2.05, 4.69) is 0 Å². The van der Waals surface area contributed by atoms with Crippen LogP contribution in [0.4, 0.5) is 13.2 Å². The number of carbonyl (C=O) groups is 1. The van der Waals surface area contributed by atoms with E-state index < -0.39 is 29.1 Å². The van der Waals surface area contributed by atoms with Crippen LogP contribution in [-0.2, 0) is 4.79 Å². The van der Waals surface area contributed by atoms with Crippen molar-refractivity contribution in [2.45, 2.75) is 30.8 Å². The van der Waals surface area contributed by atoms with Crippen molar-refractivity contribution in [3.8, 4) is 11.1 Å². The van der Waals surface area contributed by atoms with Crippen LogP contribution in [0.5, 0.6) is 0 Å². The SMILES string of the molecule is O=C(N1CCCC1)C1(F)CC1c1ccccc1-c1c(F)cccc1F. The molecule has 0 aromatic heterocycles. The van der Waals surface area contributed by atoms with Crippen molar-refractivity contribution in [1.29, 1.82) is 0 Å². The van der Waals surface area contributed by atoms with Crippen LogP contribution >= 0.6 is 0 Å². The largest absolute Gasteiger partial charge is 0.340 e. The summed E-state index contributed by atoms with van der Waals surface area (Å²) in [6.07, 6.45) is 1.85. The van der Waals surface area contributed by atoms with Crippen molar-refractivity contribution in [1.82, 2.24) is 4.90 Å². The second-order valence-corrected chi connectivity index (χ2v) is 6.80. The predicted octanol–water partition coefficient (Wildman–Crippen LogP) is 4.45. The standard InChI is InChI=1S/C20H18F3NO/c21-16-8-5-9-17(22)18(16)14-7-2-1-6-13(14)15-12-20(15,23)19(25)24-10-3-4-11-24/h1-2,5-9,15H,3-4,10-12H2. The number of halogens is 3. The number of alkyl halides is 1. The van der Waals surface area contributed by atoms with Gasteiger partial charge >= 0.3 is 0 Å². The highest BCUT2D eigenvalue weighted by atomic mass is 19.1. The summed E-state index contributed by atoms with van der Waals surface area (Å²) in [5.74, 6) is -2.53. The molecule has 2 aromatic carbocycles. The lowest BCUT2D eigenvalue weighted by molar-refractivity contribution is -0.137. The molecule has 1 aliphatic heterocycles. The van der Waals surface area contributed by atoms with Gasteiger partial charge in [0.1, 0.15) is 11.6 Å². The zero-order chi connectivity index (χ0) is 17.6. The molecule has 2 aromatic rings. The summed E-state index contributed by atoms with van der Waals surface area (Å²) in [6, 6.07) is 10.3. The Labute approximate surface area is 144 Å². The Morgan fingerprint density at radius 3 is 2.32 bits per heavy atom. The first-order valence-corrected chi connectivity index (χ1v) is 8.54. The smallest absolute Gasteiger partial charge is 0.260 e. The number of benzene rings is 2. The average molecular weight is 345 g/mol. The van der Waals surface area contributed by atoms with E-state index in [1.54, 1.807) is 29.2 Å². The number of rotatable bonds is 3. The fourth-order valence-corrected chi connectivity index (χ4v) is 3.80. The third kappa shape index (κ3) is 2.62. The Morgan fingerprint density at radius 2 is 1.64 bits per heavy atom. The Bertz CT molecular complexity index is 811. The maximum absolute atomic E-state index is 15.2. The van der Waals surface area contributed by atoms with E-state index in [1.165, 1.54) is 18.2 Å². The quantitative estimate of drug-likeness (QED) is 0.805. The molecule has 1 aliphatic carbocycles. The minimum atomic E-state index is -1.96. The van der Waals surface area contributed by atoms with Gasteiger partial charge in [0.05, 0.1) is 5.56 Å². The lowest BCUT2D eigenvalue weighted by Crippen LogP contribution is -2.37. The summed E-state index contributed by atoms with van der Waals surface area (Å²) in [7, 11) is 0. The number of hydrogen-bond donors (Lipinski definition) is 0. The molecule has 5 heteroatoms. The molecule has 1 amide bonds. The monoisotopic (exact) mass is 345 g/mol. The second-order valence-electron chi connectivity index (χ2n) is 6.80. The molecule has 2 fully saturated rings. The van der Waals surface area contributed by atoms with Gasteiger partial charge in [0.15, 0.2) is 5.67 Å². The van der Waals surface area contributed by atoms with Gasteiger partial charge in [-0.25, -0.2) is 13.2 Å². The average Bonchev–Trinajstić information content (AvgIpc) is 3.04. The zero-order valence-corrected chi connectivity index (χ0v) is 13.6. The van der Waals surface area contributed by atoms with Gasteiger partial charge in [-0.15, -0.1) is 0 Å². The van der Waals surface area contributed by atoms with Crippen molar-refractivity contribution in [2.24, 2.45) is 0 Å². The van der Waals surface area contributed by atoms with Gasteiger partial charge in [0, 0.05) is 25.4 Å². The lowest BCUT2D eigenvalue weighted by atomic mass is 9.94. The number of hydrogen-bond acceptors (Lipinski definition) is 1. The normalized spacial score (nSPS) is 25.2. The van der Waals surface area contributed by atoms with Crippen LogP contribution in [0.3, 0.4) is 0 Å². The number of carbonyl (C=O) groups excluding carboxylic acids is 1. The number of nitrogens with zero attached hydrogens (tertiary/aromatic N) is 1. The summed E-state index contributed by atoms with van der Waals surface area (Å²) in [4.78, 5) is 14.1. The molecule has 0 radical (unpaired) electrons. The molecule has 0 bridgehead atoms. The molecule has 0 N–H and O–H groups in total. The fourth-order valence-electron chi connectivity index (χ4n) is 3.80. The molecule has 1 saturated carbocycles. The molecule has 4 rings (SSSR count). The molecule has 2 unspecified atom stereocenters. The van der Waals surface area contributed by atoms with E-state index in [0.717, 1.165) is 12.8 Å². The van der Waals surface area contributed by atoms with Gasteiger partial charge in [0.2, 0.25) is 0 Å². The summed E-state index contributed by atoms with van der Waals surface area (Å²) >= 11 is 0. The maximum atomic E-state index is 15.2. The first-order valence-electron chi connectivity index (χ1n) is 8.54. The third-order valence-corrected chi connectivity index (χ3v) is 5.21. The van der Waals surface area contributed by atoms with Crippen molar-refractivity contribution in [2.75, 3.05) is 13.1 Å². The van der Waals surface area contributed by atoms with Crippen LogP contribution in [0.25, 0.3) is 11.1 Å². The highest BCUT2D eigenvalue weighted by Crippen LogP contribution is 2.57. The molecule has 1 heterocycles. The minimum Gasteiger partial charge on any atom is -0.340 e. The molecular weight excluding hydrogens is 327 g/mol. The molecule has 2 atom stereocenters. The fraction of sp³-hybridized carbons (Fsp3) is 0.350. The third-order valence-electron chi connectivity index (χ3n) is 5.21. The van der Waals surface area contributed by atoms with Crippen LogP contribution in [0.1, 0.15) is 30.7 Å². The zero-order valence-electron chi connectivity index (χ0n) is 13.6. The molecule has 130 valence electrons. The Morgan fingerprint density at radius 1 is 1.00 bits per heavy atom. The minimum absolute atomic E-state index is 0.0649. The molecule has 2 aliphatic rings. The first-order chi connectivity index (χ1) is 12.0. The van der Waals surface area contributed by atoms with Crippen molar-refractivity contribution >= 4 is 5.91 Å². The number of amides is 1. The van der Waals surface area contributed by atoms with Gasteiger partial charge < -0.3 is 4.90 Å². The lowest BCUT2D eigenvalue weighted by Gasteiger charge is -2.19. The van der Waals surface area contributed by atoms with E-state index in [1.807, 2.05) is 0 Å². The first kappa shape index (κ1) is 16.2. The highest BCUT2D eigenvalue weighted by molar-refractivity contribution is 5.91. The van der Waals surface area contributed by atoms with Crippen molar-refractivity contribution in [3.05, 3.63) is 59.7 Å². The summed E-state index contributed by atoms with van der Waals surface area (Å²) in [5, 5.41) is 0. The molecule has 25 heavy (non-hydrogen) atoms. The van der Waals surface area contributed by atoms with Gasteiger partial charge in [-0.1, -0.05) is 30.3 Å². The van der Waals surface area contributed by atoms with E-state index in [-0.39, 0.29) is 12.0 Å². The summed E-state index contributed by atoms with van der Waals surface area (Å²) < 4.78 is 43.6. The van der Waals surface area contributed by atoms with Crippen molar-refractivity contribution in [3.63, 3.8) is 0 Å². The topological polar surface area (TPSA) is 20.3 Å². The summed E-state index contributed by atoms with van der Waals surface area (Å²) in [5.41, 5.74) is -1.32. The van der Waals surface area contributed by atoms with Crippen molar-refractivity contribution < 1.29 is 18.0 Å². The molecule has 1 saturated heterocycles. The van der Waals surface area contributed by atoms with Crippen LogP contribution in [0, 0.1) is 11.6 Å². The molecular formula is C20H18F3NO. The van der Waals surface area contributed by atoms with Gasteiger partial charge in [-0.3, -0.25) is 4.79 Å². The van der Waals surface area contributed by atoms with Gasteiger partial charge in [-0.05, 0) is 36.1 Å². The van der Waals surface area contributed by atoms with E-state index in [0.29, 0.717) is 24.2 Å². The molecule has 2 nitrogen and oxygen atoms in total. The van der Waals surface area contributed by atoms with Gasteiger partial charge in [0.25, 0.3) is 5.91 Å². The van der Waals surface area contributed by atoms with E-state index >= 15 is 4.39 Å². The predicted molar refractivity (Wildman–Crippen MR) is 88.8 cm³/mol. The second kappa shape index (κ2) is 5.90. The maximum Gasteiger partial charge on any atom is 0.260 e. The van der Waals surface area contributed by atoms with E-state index in [4.69, 9.17) is 0 Å². The van der Waals surface area contributed by atoms with Gasteiger partial charge in [-0.2, -0.15) is 0 Å². The van der Waals surface area contributed by atoms with Crippen LogP contribution in [-0.4, -0.2) is 29.6 Å². The number of likely N-dealkylation sites (tertiary alicyclic amines) is 1. The Hall–Kier alpha value is -2.30. The Balaban J connectivity index is 1.70. The summed E-state index contributed by atoms with van der Waals surface area (Å²) in [6.45, 7) is 1.17. The van der Waals surface area contributed by atoms with Crippen LogP contribution in [0.15, 0.2) is 42.5 Å². The van der Waals surface area contributed by atoms with Crippen LogP contribution < -0.4 is 0 Å².